The highest BCUT2D eigenvalue weighted by atomic mass is 79.9. The van der Waals surface area contributed by atoms with Crippen LogP contribution in [0.4, 0.5) is 0 Å². The van der Waals surface area contributed by atoms with Crippen molar-refractivity contribution >= 4 is 29.0 Å². The van der Waals surface area contributed by atoms with Crippen LogP contribution >= 0.6 is 23.2 Å². The summed E-state index contributed by atoms with van der Waals surface area (Å²) in [7, 11) is 0. The molecule has 0 saturated carbocycles. The average molecular weight is 347 g/mol. The van der Waals surface area contributed by atoms with Crippen molar-refractivity contribution in [3.05, 3.63) is 64.4 Å². The van der Waals surface area contributed by atoms with Crippen LogP contribution in [0, 0.1) is 0 Å². The van der Waals surface area contributed by atoms with Crippen LogP contribution in [0.1, 0.15) is 10.4 Å². The molecule has 2 nitrogen and oxygen atoms in total. The van der Waals surface area contributed by atoms with Gasteiger partial charge >= 0.3 is 0 Å². The topological polar surface area (TPSA) is 20.9 Å². The van der Waals surface area contributed by atoms with Crippen molar-refractivity contribution in [1.82, 2.24) is 0 Å². The second-order valence-corrected chi connectivity index (χ2v) is 4.49. The zero-order chi connectivity index (χ0) is 12.3. The maximum Gasteiger partial charge on any atom is 0.227 e. The normalized spacial score (nSPS) is 9.67. The number of hydrogen-bond donors (Lipinski definition) is 0. The molecule has 0 aliphatic rings. The van der Waals surface area contributed by atoms with Crippen LogP contribution in [-0.4, -0.2) is 5.78 Å². The molecule has 0 bridgehead atoms. The maximum absolute atomic E-state index is 11.9. The molecule has 0 amide bonds. The number of nitrogens with zero attached hydrogens (tertiary/aromatic N) is 1. The lowest BCUT2D eigenvalue weighted by molar-refractivity contribution is -0.683. The van der Waals surface area contributed by atoms with Crippen molar-refractivity contribution in [2.45, 2.75) is 6.54 Å². The minimum absolute atomic E-state index is 0. The van der Waals surface area contributed by atoms with Crippen molar-refractivity contribution in [2.75, 3.05) is 0 Å². The summed E-state index contributed by atoms with van der Waals surface area (Å²) < 4.78 is 1.78. The van der Waals surface area contributed by atoms with Gasteiger partial charge in [-0.25, -0.2) is 0 Å². The van der Waals surface area contributed by atoms with Crippen LogP contribution in [-0.2, 0) is 6.54 Å². The third kappa shape index (κ3) is 4.09. The second kappa shape index (κ2) is 6.88. The number of Topliss-reactive ketones (excluding diaryl/α,β-unsaturated/α-hetero) is 1. The molecule has 0 spiro atoms. The molecule has 0 aliphatic carbocycles. The van der Waals surface area contributed by atoms with Crippen LogP contribution in [0.2, 0.25) is 10.0 Å². The van der Waals surface area contributed by atoms with Gasteiger partial charge in [0.15, 0.2) is 12.4 Å². The van der Waals surface area contributed by atoms with Crippen LogP contribution < -0.4 is 21.5 Å². The summed E-state index contributed by atoms with van der Waals surface area (Å²) in [5, 5.41) is 1.28. The van der Waals surface area contributed by atoms with Gasteiger partial charge in [0.05, 0.1) is 5.02 Å². The van der Waals surface area contributed by atoms with E-state index in [9.17, 15) is 4.79 Å². The van der Waals surface area contributed by atoms with Gasteiger partial charge in [0.1, 0.15) is 0 Å². The Morgan fingerprint density at radius 1 is 0.944 bits per heavy atom. The molecule has 0 aliphatic heterocycles. The Kier molecular flexibility index (Phi) is 5.79. The molecule has 94 valence electrons. The van der Waals surface area contributed by atoms with E-state index < -0.39 is 0 Å². The van der Waals surface area contributed by atoms with Gasteiger partial charge in [-0.3, -0.25) is 4.79 Å². The third-order valence-corrected chi connectivity index (χ3v) is 2.85. The standard InChI is InChI=1S/C13H10Cl2NO.BrH/c14-11-3-1-10(2-4-11)13(17)9-16-7-5-12(15)6-8-16;/h1-8H,9H2;1H/q+1;/p-1. The van der Waals surface area contributed by atoms with E-state index in [1.807, 2.05) is 0 Å². The summed E-state index contributed by atoms with van der Waals surface area (Å²) in [5.41, 5.74) is 0.650. The maximum atomic E-state index is 11.9. The quantitative estimate of drug-likeness (QED) is 0.573. The van der Waals surface area contributed by atoms with Gasteiger partial charge < -0.3 is 17.0 Å². The Balaban J connectivity index is 0.00000162. The first-order valence-corrected chi connectivity index (χ1v) is 5.84. The summed E-state index contributed by atoms with van der Waals surface area (Å²) >= 11 is 11.5. The molecule has 0 N–H and O–H groups in total. The molecule has 0 unspecified atom stereocenters. The number of ketones is 1. The largest absolute Gasteiger partial charge is 1.00 e. The number of carbonyl (C=O) groups is 1. The first-order valence-electron chi connectivity index (χ1n) is 5.08. The highest BCUT2D eigenvalue weighted by molar-refractivity contribution is 6.30. The molecule has 1 aromatic carbocycles. The first-order chi connectivity index (χ1) is 8.15. The zero-order valence-corrected chi connectivity index (χ0v) is 12.4. The van der Waals surface area contributed by atoms with Crippen molar-refractivity contribution in [1.29, 1.82) is 0 Å². The molecule has 1 heterocycles. The molecule has 0 saturated heterocycles. The highest BCUT2D eigenvalue weighted by Gasteiger charge is 2.11. The number of hydrogen-bond acceptors (Lipinski definition) is 1. The van der Waals surface area contributed by atoms with Gasteiger partial charge in [-0.15, -0.1) is 0 Å². The van der Waals surface area contributed by atoms with Gasteiger partial charge in [0.25, 0.3) is 0 Å². The molecular formula is C13H10BrCl2NO. The number of halogens is 3. The monoisotopic (exact) mass is 345 g/mol. The Labute approximate surface area is 126 Å². The Bertz CT molecular complexity index is 526. The van der Waals surface area contributed by atoms with E-state index >= 15 is 0 Å². The van der Waals surface area contributed by atoms with Gasteiger partial charge in [-0.05, 0) is 24.3 Å². The highest BCUT2D eigenvalue weighted by Crippen LogP contribution is 2.10. The number of pyridine rings is 1. The Hall–Kier alpha value is -0.900. The number of carbonyl (C=O) groups excluding carboxylic acids is 1. The summed E-state index contributed by atoms with van der Waals surface area (Å²) in [6.45, 7) is 0.290. The molecule has 2 aromatic rings. The number of rotatable bonds is 3. The van der Waals surface area contributed by atoms with E-state index in [-0.39, 0.29) is 22.8 Å². The minimum atomic E-state index is 0. The summed E-state index contributed by atoms with van der Waals surface area (Å²) in [6.07, 6.45) is 3.55. The van der Waals surface area contributed by atoms with Crippen LogP contribution in [0.25, 0.3) is 0 Å². The summed E-state index contributed by atoms with van der Waals surface area (Å²) in [6, 6.07) is 10.4. The minimum Gasteiger partial charge on any atom is -1.00 e. The molecule has 0 atom stereocenters. The Morgan fingerprint density at radius 2 is 1.44 bits per heavy atom. The van der Waals surface area contributed by atoms with E-state index in [1.54, 1.807) is 53.4 Å². The van der Waals surface area contributed by atoms with E-state index in [0.29, 0.717) is 22.2 Å². The van der Waals surface area contributed by atoms with Crippen LogP contribution in [0.5, 0.6) is 0 Å². The molecule has 0 radical (unpaired) electrons. The molecule has 1 aromatic heterocycles. The van der Waals surface area contributed by atoms with E-state index in [0.717, 1.165) is 0 Å². The fourth-order valence-corrected chi connectivity index (χ4v) is 1.68. The first kappa shape index (κ1) is 15.2. The van der Waals surface area contributed by atoms with Gasteiger partial charge in [-0.1, -0.05) is 23.2 Å². The molecule has 0 fully saturated rings. The average Bonchev–Trinajstić information content (AvgIpc) is 2.33. The van der Waals surface area contributed by atoms with Crippen molar-refractivity contribution in [2.24, 2.45) is 0 Å². The fraction of sp³-hybridized carbons (Fsp3) is 0.0769. The van der Waals surface area contributed by atoms with Crippen molar-refractivity contribution in [3.63, 3.8) is 0 Å². The van der Waals surface area contributed by atoms with E-state index in [1.165, 1.54) is 0 Å². The molecule has 2 rings (SSSR count). The van der Waals surface area contributed by atoms with E-state index in [2.05, 4.69) is 0 Å². The van der Waals surface area contributed by atoms with Crippen LogP contribution in [0.15, 0.2) is 48.8 Å². The summed E-state index contributed by atoms with van der Waals surface area (Å²) in [5.74, 6) is 0.0361. The predicted molar refractivity (Wildman–Crippen MR) is 67.4 cm³/mol. The predicted octanol–water partition coefficient (Wildman–Crippen LogP) is 0.168. The third-order valence-electron chi connectivity index (χ3n) is 2.34. The lowest BCUT2D eigenvalue weighted by Crippen LogP contribution is -3.00. The number of benzene rings is 1. The van der Waals surface area contributed by atoms with Crippen LogP contribution in [0.3, 0.4) is 0 Å². The van der Waals surface area contributed by atoms with Crippen molar-refractivity contribution in [3.8, 4) is 0 Å². The van der Waals surface area contributed by atoms with Gasteiger partial charge in [0.2, 0.25) is 12.3 Å². The van der Waals surface area contributed by atoms with Gasteiger partial charge in [0, 0.05) is 22.7 Å². The summed E-state index contributed by atoms with van der Waals surface area (Å²) in [4.78, 5) is 11.9. The van der Waals surface area contributed by atoms with Crippen molar-refractivity contribution < 1.29 is 26.3 Å². The molecule has 5 heteroatoms. The van der Waals surface area contributed by atoms with Gasteiger partial charge in [-0.2, -0.15) is 4.57 Å². The Morgan fingerprint density at radius 3 is 2.00 bits per heavy atom. The second-order valence-electron chi connectivity index (χ2n) is 3.62. The number of aromatic nitrogens is 1. The smallest absolute Gasteiger partial charge is 0.227 e. The SMILES string of the molecule is O=C(C[n+]1ccc(Cl)cc1)c1ccc(Cl)cc1.[Br-]. The molecule has 18 heavy (non-hydrogen) atoms. The lowest BCUT2D eigenvalue weighted by atomic mass is 10.1. The lowest BCUT2D eigenvalue weighted by Gasteiger charge is -1.98. The molecular weight excluding hydrogens is 337 g/mol. The zero-order valence-electron chi connectivity index (χ0n) is 9.32. The fourth-order valence-electron chi connectivity index (χ4n) is 1.44. The van der Waals surface area contributed by atoms with E-state index in [4.69, 9.17) is 23.2 Å².